The molecule has 0 amide bonds. The number of H-pyrrole nitrogens is 1. The van der Waals surface area contributed by atoms with Crippen molar-refractivity contribution in [2.75, 3.05) is 18.5 Å². The number of hydrogen-bond donors (Lipinski definition) is 4. The number of aromatic amines is 1. The molecule has 0 aliphatic carbocycles. The highest BCUT2D eigenvalue weighted by atomic mass is 79.9. The van der Waals surface area contributed by atoms with Crippen LogP contribution >= 0.6 is 15.9 Å². The molecule has 0 aliphatic heterocycles. The second-order valence-corrected chi connectivity index (χ2v) is 4.26. The smallest absolute Gasteiger partial charge is 0.267 e. The molecule has 1 aromatic rings. The molecule has 1 aromatic heterocycles. The van der Waals surface area contributed by atoms with Crippen molar-refractivity contribution in [1.29, 1.82) is 0 Å². The summed E-state index contributed by atoms with van der Waals surface area (Å²) in [6.45, 7) is 1.32. The van der Waals surface area contributed by atoms with Crippen LogP contribution < -0.4 is 10.9 Å². The Morgan fingerprint density at radius 3 is 2.69 bits per heavy atom. The van der Waals surface area contributed by atoms with Crippen molar-refractivity contribution < 1.29 is 10.2 Å². The molecule has 0 saturated carbocycles. The zero-order valence-electron chi connectivity index (χ0n) is 8.83. The second-order valence-electron chi connectivity index (χ2n) is 3.47. The molecule has 0 saturated heterocycles. The number of aliphatic hydroxyl groups is 2. The molecule has 6 nitrogen and oxygen atoms in total. The van der Waals surface area contributed by atoms with Gasteiger partial charge in [-0.25, -0.2) is 4.98 Å². The van der Waals surface area contributed by atoms with E-state index < -0.39 is 5.54 Å². The highest BCUT2D eigenvalue weighted by molar-refractivity contribution is 9.10. The molecule has 0 atom stereocenters. The first kappa shape index (κ1) is 13.1. The first-order valence-electron chi connectivity index (χ1n) is 4.81. The molecule has 90 valence electrons. The van der Waals surface area contributed by atoms with Crippen LogP contribution in [0.15, 0.2) is 15.6 Å². The lowest BCUT2D eigenvalue weighted by molar-refractivity contribution is 0.132. The van der Waals surface area contributed by atoms with Gasteiger partial charge in [-0.3, -0.25) is 4.79 Å². The van der Waals surface area contributed by atoms with Gasteiger partial charge >= 0.3 is 0 Å². The van der Waals surface area contributed by atoms with Gasteiger partial charge in [-0.2, -0.15) is 0 Å². The molecule has 7 heteroatoms. The number of rotatable bonds is 5. The van der Waals surface area contributed by atoms with Crippen LogP contribution in [0.3, 0.4) is 0 Å². The molecule has 0 bridgehead atoms. The summed E-state index contributed by atoms with van der Waals surface area (Å²) >= 11 is 3.09. The van der Waals surface area contributed by atoms with Gasteiger partial charge < -0.3 is 20.5 Å². The van der Waals surface area contributed by atoms with Crippen LogP contribution in [-0.2, 0) is 0 Å². The second kappa shape index (κ2) is 5.42. The Morgan fingerprint density at radius 1 is 1.56 bits per heavy atom. The Balaban J connectivity index is 3.03. The Hall–Kier alpha value is -0.920. The van der Waals surface area contributed by atoms with Crippen LogP contribution in [-0.4, -0.2) is 38.9 Å². The van der Waals surface area contributed by atoms with E-state index in [1.54, 1.807) is 0 Å². The molecule has 16 heavy (non-hydrogen) atoms. The average molecular weight is 292 g/mol. The normalized spacial score (nSPS) is 11.5. The average Bonchev–Trinajstić information content (AvgIpc) is 2.32. The van der Waals surface area contributed by atoms with Crippen LogP contribution in [0.25, 0.3) is 0 Å². The van der Waals surface area contributed by atoms with Gasteiger partial charge in [0.15, 0.2) is 0 Å². The summed E-state index contributed by atoms with van der Waals surface area (Å²) in [5.41, 5.74) is -1.19. The lowest BCUT2D eigenvalue weighted by atomic mass is 9.98. The van der Waals surface area contributed by atoms with E-state index in [4.69, 9.17) is 0 Å². The molecule has 0 aromatic carbocycles. The minimum atomic E-state index is -0.872. The van der Waals surface area contributed by atoms with Gasteiger partial charge in [0, 0.05) is 0 Å². The lowest BCUT2D eigenvalue weighted by Gasteiger charge is -2.30. The highest BCUT2D eigenvalue weighted by Gasteiger charge is 2.27. The minimum Gasteiger partial charge on any atom is -0.394 e. The van der Waals surface area contributed by atoms with Crippen molar-refractivity contribution in [3.63, 3.8) is 0 Å². The van der Waals surface area contributed by atoms with Gasteiger partial charge in [0.2, 0.25) is 0 Å². The van der Waals surface area contributed by atoms with Crippen LogP contribution in [0.4, 0.5) is 5.82 Å². The number of nitrogens with zero attached hydrogens (tertiary/aromatic N) is 1. The third-order valence-electron chi connectivity index (χ3n) is 2.46. The predicted molar refractivity (Wildman–Crippen MR) is 63.4 cm³/mol. The minimum absolute atomic E-state index is 0.245. The predicted octanol–water partition coefficient (Wildman–Crippen LogP) is 0.0777. The van der Waals surface area contributed by atoms with Gasteiger partial charge in [0.25, 0.3) is 5.56 Å². The summed E-state index contributed by atoms with van der Waals surface area (Å²) in [4.78, 5) is 17.6. The van der Waals surface area contributed by atoms with Gasteiger partial charge in [0.05, 0.1) is 25.1 Å². The molecule has 0 unspecified atom stereocenters. The molecule has 0 radical (unpaired) electrons. The first-order chi connectivity index (χ1) is 7.58. The molecule has 1 rings (SSSR count). The fraction of sp³-hybridized carbons (Fsp3) is 0.556. The molecule has 0 aliphatic rings. The summed E-state index contributed by atoms with van der Waals surface area (Å²) in [6.07, 6.45) is 1.76. The first-order valence-corrected chi connectivity index (χ1v) is 5.61. The molecule has 1 heterocycles. The Morgan fingerprint density at radius 2 is 2.19 bits per heavy atom. The number of aliphatic hydroxyl groups excluding tert-OH is 2. The van der Waals surface area contributed by atoms with Crippen LogP contribution in [0, 0.1) is 0 Å². The maximum Gasteiger partial charge on any atom is 0.267 e. The maximum atomic E-state index is 11.3. The summed E-state index contributed by atoms with van der Waals surface area (Å²) < 4.78 is 0.245. The quantitative estimate of drug-likeness (QED) is 0.616. The van der Waals surface area contributed by atoms with Crippen molar-refractivity contribution in [2.24, 2.45) is 0 Å². The van der Waals surface area contributed by atoms with E-state index in [-0.39, 0.29) is 23.2 Å². The topological polar surface area (TPSA) is 98.2 Å². The molecular weight excluding hydrogens is 278 g/mol. The zero-order chi connectivity index (χ0) is 12.2. The van der Waals surface area contributed by atoms with E-state index in [9.17, 15) is 15.0 Å². The van der Waals surface area contributed by atoms with E-state index in [1.165, 1.54) is 6.33 Å². The Labute approximate surface area is 101 Å². The summed E-state index contributed by atoms with van der Waals surface area (Å²) in [7, 11) is 0. The highest BCUT2D eigenvalue weighted by Crippen LogP contribution is 2.20. The van der Waals surface area contributed by atoms with Crippen molar-refractivity contribution >= 4 is 21.7 Å². The van der Waals surface area contributed by atoms with Crippen LogP contribution in [0.1, 0.15) is 13.3 Å². The van der Waals surface area contributed by atoms with E-state index in [0.717, 1.165) is 0 Å². The summed E-state index contributed by atoms with van der Waals surface area (Å²) in [5.74, 6) is 0.300. The van der Waals surface area contributed by atoms with Gasteiger partial charge in [-0.1, -0.05) is 6.92 Å². The Bertz CT molecular complexity index is 395. The monoisotopic (exact) mass is 291 g/mol. The van der Waals surface area contributed by atoms with E-state index in [0.29, 0.717) is 12.2 Å². The summed E-state index contributed by atoms with van der Waals surface area (Å²) in [6, 6.07) is 0. The number of nitrogens with one attached hydrogen (secondary N) is 2. The maximum absolute atomic E-state index is 11.3. The standard InChI is InChI=1S/C9H14BrN3O3/c1-2-9(3-14,4-15)13-7-6(10)8(16)12-5-11-7/h5,14-15H,2-4H2,1H3,(H2,11,12,13,16). The van der Waals surface area contributed by atoms with Crippen molar-refractivity contribution in [2.45, 2.75) is 18.9 Å². The number of aromatic nitrogens is 2. The van der Waals surface area contributed by atoms with E-state index >= 15 is 0 Å². The number of hydrogen-bond acceptors (Lipinski definition) is 5. The van der Waals surface area contributed by atoms with Gasteiger partial charge in [-0.05, 0) is 22.4 Å². The van der Waals surface area contributed by atoms with Gasteiger partial charge in [-0.15, -0.1) is 0 Å². The van der Waals surface area contributed by atoms with Crippen LogP contribution in [0.2, 0.25) is 0 Å². The number of anilines is 1. The SMILES string of the molecule is CCC(CO)(CO)Nc1nc[nH]c(=O)c1Br. The van der Waals surface area contributed by atoms with Crippen molar-refractivity contribution in [3.8, 4) is 0 Å². The number of halogens is 1. The molecule has 0 spiro atoms. The van der Waals surface area contributed by atoms with Crippen LogP contribution in [0.5, 0.6) is 0 Å². The van der Waals surface area contributed by atoms with Crippen molar-refractivity contribution in [1.82, 2.24) is 9.97 Å². The van der Waals surface area contributed by atoms with Gasteiger partial charge in [0.1, 0.15) is 10.3 Å². The molecule has 4 N–H and O–H groups in total. The fourth-order valence-electron chi connectivity index (χ4n) is 1.16. The Kier molecular flexibility index (Phi) is 4.45. The third-order valence-corrected chi connectivity index (χ3v) is 3.20. The molecular formula is C9H14BrN3O3. The van der Waals surface area contributed by atoms with Crippen molar-refractivity contribution in [3.05, 3.63) is 21.2 Å². The van der Waals surface area contributed by atoms with E-state index in [2.05, 4.69) is 31.2 Å². The van der Waals surface area contributed by atoms with E-state index in [1.807, 2.05) is 6.92 Å². The zero-order valence-corrected chi connectivity index (χ0v) is 10.4. The summed E-state index contributed by atoms with van der Waals surface area (Å²) in [5, 5.41) is 21.4. The largest absolute Gasteiger partial charge is 0.394 e. The molecule has 0 fully saturated rings. The lowest BCUT2D eigenvalue weighted by Crippen LogP contribution is -2.45. The fourth-order valence-corrected chi connectivity index (χ4v) is 1.48. The third kappa shape index (κ3) is 2.60.